The fourth-order valence-electron chi connectivity index (χ4n) is 3.21. The number of amides is 2. The molecule has 1 aliphatic heterocycles. The third-order valence-corrected chi connectivity index (χ3v) is 5.00. The number of aryl methyl sites for hydroxylation is 1. The molecule has 0 aliphatic carbocycles. The predicted octanol–water partition coefficient (Wildman–Crippen LogP) is 2.91. The van der Waals surface area contributed by atoms with E-state index in [4.69, 9.17) is 0 Å². The lowest BCUT2D eigenvalue weighted by atomic mass is 10.0. The van der Waals surface area contributed by atoms with Gasteiger partial charge in [-0.15, -0.1) is 5.10 Å². The largest absolute Gasteiger partial charge is 0.339 e. The lowest BCUT2D eigenvalue weighted by Gasteiger charge is -2.38. The van der Waals surface area contributed by atoms with Crippen molar-refractivity contribution in [3.63, 3.8) is 0 Å². The highest BCUT2D eigenvalue weighted by Crippen LogP contribution is 2.25. The van der Waals surface area contributed by atoms with Crippen LogP contribution in [0, 0.1) is 6.92 Å². The van der Waals surface area contributed by atoms with E-state index in [1.54, 1.807) is 16.5 Å². The number of nitrogens with zero attached hydrogens (tertiary/aromatic N) is 4. The van der Waals surface area contributed by atoms with Gasteiger partial charge in [-0.2, -0.15) is 0 Å². The highest BCUT2D eigenvalue weighted by Gasteiger charge is 2.30. The van der Waals surface area contributed by atoms with Gasteiger partial charge < -0.3 is 10.2 Å². The first-order valence-electron chi connectivity index (χ1n) is 9.16. The van der Waals surface area contributed by atoms with Crippen LogP contribution in [-0.4, -0.2) is 44.8 Å². The first kappa shape index (κ1) is 17.9. The molecule has 0 atom stereocenters. The van der Waals surface area contributed by atoms with Gasteiger partial charge in [0.1, 0.15) is 5.69 Å². The Hall–Kier alpha value is -3.48. The van der Waals surface area contributed by atoms with E-state index in [-0.39, 0.29) is 17.9 Å². The summed E-state index contributed by atoms with van der Waals surface area (Å²) < 4.78 is 1.79. The Morgan fingerprint density at radius 2 is 1.86 bits per heavy atom. The van der Waals surface area contributed by atoms with Gasteiger partial charge >= 0.3 is 0 Å². The van der Waals surface area contributed by atoms with Crippen molar-refractivity contribution in [1.29, 1.82) is 0 Å². The van der Waals surface area contributed by atoms with Gasteiger partial charge in [0, 0.05) is 36.8 Å². The highest BCUT2D eigenvalue weighted by molar-refractivity contribution is 6.05. The summed E-state index contributed by atoms with van der Waals surface area (Å²) in [5.41, 5.74) is 3.78. The minimum Gasteiger partial charge on any atom is -0.339 e. The molecule has 1 aliphatic rings. The van der Waals surface area contributed by atoms with E-state index >= 15 is 0 Å². The van der Waals surface area contributed by atoms with Crippen molar-refractivity contribution in [1.82, 2.24) is 19.9 Å². The van der Waals surface area contributed by atoms with Gasteiger partial charge in [-0.3, -0.25) is 9.59 Å². The van der Waals surface area contributed by atoms with Crippen LogP contribution < -0.4 is 5.32 Å². The highest BCUT2D eigenvalue weighted by atomic mass is 16.2. The number of benzene rings is 2. The summed E-state index contributed by atoms with van der Waals surface area (Å²) in [4.78, 5) is 25.8. The minimum absolute atomic E-state index is 0.0733. The number of anilines is 1. The SMILES string of the molecule is CC(=O)N1CC(n2cc(-c3ccc(C)c(C(=O)Nc4ccccc4)c3)nn2)C1. The van der Waals surface area contributed by atoms with E-state index in [2.05, 4.69) is 15.6 Å². The average Bonchev–Trinajstić information content (AvgIpc) is 3.11. The molecule has 2 aromatic carbocycles. The average molecular weight is 375 g/mol. The molecule has 0 unspecified atom stereocenters. The molecule has 0 spiro atoms. The fourth-order valence-corrected chi connectivity index (χ4v) is 3.21. The van der Waals surface area contributed by atoms with Gasteiger partial charge in [0.25, 0.3) is 5.91 Å². The zero-order valence-corrected chi connectivity index (χ0v) is 15.8. The molecule has 1 N–H and O–H groups in total. The van der Waals surface area contributed by atoms with Crippen LogP contribution >= 0.6 is 0 Å². The second-order valence-corrected chi connectivity index (χ2v) is 7.01. The standard InChI is InChI=1S/C21H21N5O2/c1-14-8-9-16(10-19(14)21(28)22-17-6-4-3-5-7-17)20-13-26(24-23-20)18-11-25(12-18)15(2)27/h3-10,13,18H,11-12H2,1-2H3,(H,22,28). The summed E-state index contributed by atoms with van der Waals surface area (Å²) in [6.45, 7) is 4.77. The molecule has 7 nitrogen and oxygen atoms in total. The number of aromatic nitrogens is 3. The minimum atomic E-state index is -0.158. The Bertz CT molecular complexity index is 1020. The molecule has 0 bridgehead atoms. The smallest absolute Gasteiger partial charge is 0.255 e. The Balaban J connectivity index is 1.53. The Labute approximate surface area is 163 Å². The third kappa shape index (κ3) is 3.51. The van der Waals surface area contributed by atoms with Gasteiger partial charge in [-0.05, 0) is 30.7 Å². The van der Waals surface area contributed by atoms with Crippen LogP contribution in [0.1, 0.15) is 28.9 Å². The molecule has 0 saturated carbocycles. The van der Waals surface area contributed by atoms with Gasteiger partial charge in [0.05, 0.1) is 12.2 Å². The molecule has 7 heteroatoms. The summed E-state index contributed by atoms with van der Waals surface area (Å²) in [6, 6.07) is 15.2. The molecule has 1 saturated heterocycles. The molecule has 142 valence electrons. The van der Waals surface area contributed by atoms with E-state index in [1.807, 2.05) is 61.7 Å². The maximum Gasteiger partial charge on any atom is 0.255 e. The maximum absolute atomic E-state index is 12.7. The number of para-hydroxylation sites is 1. The molecule has 0 radical (unpaired) electrons. The summed E-state index contributed by atoms with van der Waals surface area (Å²) >= 11 is 0. The van der Waals surface area contributed by atoms with E-state index in [1.165, 1.54) is 0 Å². The quantitative estimate of drug-likeness (QED) is 0.760. The van der Waals surface area contributed by atoms with Crippen LogP contribution in [-0.2, 0) is 4.79 Å². The van der Waals surface area contributed by atoms with Crippen molar-refractivity contribution in [2.45, 2.75) is 19.9 Å². The van der Waals surface area contributed by atoms with Crippen LogP contribution in [0.3, 0.4) is 0 Å². The first-order valence-corrected chi connectivity index (χ1v) is 9.16. The molecule has 28 heavy (non-hydrogen) atoms. The normalized spacial score (nSPS) is 13.9. The second kappa shape index (κ2) is 7.26. The number of hydrogen-bond donors (Lipinski definition) is 1. The molecule has 4 rings (SSSR count). The van der Waals surface area contributed by atoms with Crippen LogP contribution in [0.15, 0.2) is 54.7 Å². The molecule has 2 amide bonds. The monoisotopic (exact) mass is 375 g/mol. The van der Waals surface area contributed by atoms with Gasteiger partial charge in [-0.1, -0.05) is 35.5 Å². The first-order chi connectivity index (χ1) is 13.5. The molecular formula is C21H21N5O2. The summed E-state index contributed by atoms with van der Waals surface area (Å²) in [5.74, 6) is -0.0850. The molecule has 2 heterocycles. The second-order valence-electron chi connectivity index (χ2n) is 7.01. The summed E-state index contributed by atoms with van der Waals surface area (Å²) in [6.07, 6.45) is 1.87. The Morgan fingerprint density at radius 3 is 2.57 bits per heavy atom. The Kier molecular flexibility index (Phi) is 4.65. The van der Waals surface area contributed by atoms with Gasteiger partial charge in [0.15, 0.2) is 0 Å². The number of rotatable bonds is 4. The van der Waals surface area contributed by atoms with Crippen molar-refractivity contribution < 1.29 is 9.59 Å². The molecule has 3 aromatic rings. The number of likely N-dealkylation sites (tertiary alicyclic amines) is 1. The molecular weight excluding hydrogens is 354 g/mol. The van der Waals surface area contributed by atoms with Crippen molar-refractivity contribution >= 4 is 17.5 Å². The molecule has 1 fully saturated rings. The zero-order valence-electron chi connectivity index (χ0n) is 15.8. The zero-order chi connectivity index (χ0) is 19.7. The third-order valence-electron chi connectivity index (χ3n) is 5.00. The summed E-state index contributed by atoms with van der Waals surface area (Å²) in [7, 11) is 0. The summed E-state index contributed by atoms with van der Waals surface area (Å²) in [5, 5.41) is 11.4. The van der Waals surface area contributed by atoms with Crippen molar-refractivity contribution in [3.8, 4) is 11.3 Å². The molecule has 1 aromatic heterocycles. The van der Waals surface area contributed by atoms with Gasteiger partial charge in [0.2, 0.25) is 5.91 Å². The maximum atomic E-state index is 12.7. The number of carbonyl (C=O) groups is 2. The van der Waals surface area contributed by atoms with Crippen LogP contribution in [0.4, 0.5) is 5.69 Å². The lowest BCUT2D eigenvalue weighted by molar-refractivity contribution is -0.134. The fraction of sp³-hybridized carbons (Fsp3) is 0.238. The van der Waals surface area contributed by atoms with Crippen molar-refractivity contribution in [3.05, 3.63) is 65.9 Å². The van der Waals surface area contributed by atoms with Crippen LogP contribution in [0.25, 0.3) is 11.3 Å². The van der Waals surface area contributed by atoms with E-state index in [0.717, 1.165) is 16.8 Å². The van der Waals surface area contributed by atoms with Crippen LogP contribution in [0.5, 0.6) is 0 Å². The van der Waals surface area contributed by atoms with Crippen LogP contribution in [0.2, 0.25) is 0 Å². The van der Waals surface area contributed by atoms with Gasteiger partial charge in [-0.25, -0.2) is 4.68 Å². The lowest BCUT2D eigenvalue weighted by Crippen LogP contribution is -2.50. The predicted molar refractivity (Wildman–Crippen MR) is 106 cm³/mol. The number of hydrogen-bond acceptors (Lipinski definition) is 4. The van der Waals surface area contributed by atoms with Crippen molar-refractivity contribution in [2.75, 3.05) is 18.4 Å². The number of nitrogens with one attached hydrogen (secondary N) is 1. The van der Waals surface area contributed by atoms with E-state index in [9.17, 15) is 9.59 Å². The topological polar surface area (TPSA) is 80.1 Å². The van der Waals surface area contributed by atoms with Crippen molar-refractivity contribution in [2.24, 2.45) is 0 Å². The van der Waals surface area contributed by atoms with E-state index in [0.29, 0.717) is 24.3 Å². The van der Waals surface area contributed by atoms with E-state index < -0.39 is 0 Å². The number of carbonyl (C=O) groups excluding carboxylic acids is 2. The Morgan fingerprint density at radius 1 is 1.11 bits per heavy atom.